The third kappa shape index (κ3) is 7.14. The Kier molecular flexibility index (Phi) is 7.95. The molecule has 0 aliphatic carbocycles. The molecule has 0 saturated carbocycles. The monoisotopic (exact) mass is 337 g/mol. The van der Waals surface area contributed by atoms with Gasteiger partial charge in [-0.3, -0.25) is 9.68 Å². The fraction of sp³-hybridized carbons (Fsp3) is 1.00. The molecule has 0 spiro atoms. The van der Waals surface area contributed by atoms with Gasteiger partial charge in [-0.15, -0.1) is 20.1 Å². The molecule has 0 N–H and O–H groups in total. The molecule has 14 heteroatoms. The summed E-state index contributed by atoms with van der Waals surface area (Å²) in [4.78, 5) is 23.6. The number of hydrogen-bond acceptors (Lipinski definition) is 9. The molecular weight excluding hydrogens is 318 g/mol. The fourth-order valence-electron chi connectivity index (χ4n) is 1.73. The van der Waals surface area contributed by atoms with Gasteiger partial charge in [0.05, 0.1) is 29.6 Å². The highest BCUT2D eigenvalue weighted by atomic mass is 16.9. The maximum absolute atomic E-state index is 11.5. The van der Waals surface area contributed by atoms with Crippen molar-refractivity contribution >= 4 is 0 Å². The lowest BCUT2D eigenvalue weighted by Gasteiger charge is -2.15. The number of nitrogens with zero attached hydrogens (tertiary/aromatic N) is 7. The summed E-state index contributed by atoms with van der Waals surface area (Å²) < 4.78 is 0. The molecule has 0 aromatic rings. The zero-order chi connectivity index (χ0) is 17.1. The van der Waals surface area contributed by atoms with Crippen molar-refractivity contribution in [3.8, 4) is 0 Å². The molecule has 0 radical (unpaired) electrons. The molecule has 1 fully saturated rings. The predicted octanol–water partition coefficient (Wildman–Crippen LogP) is 0.188. The van der Waals surface area contributed by atoms with E-state index in [0.29, 0.717) is 18.1 Å². The van der Waals surface area contributed by atoms with Gasteiger partial charge < -0.3 is 15.3 Å². The zero-order valence-corrected chi connectivity index (χ0v) is 12.6. The van der Waals surface area contributed by atoms with E-state index in [1.165, 1.54) is 5.01 Å². The second kappa shape index (κ2) is 10.0. The Morgan fingerprint density at radius 1 is 1.17 bits per heavy atom. The average molecular weight is 337 g/mol. The van der Waals surface area contributed by atoms with Crippen LogP contribution in [0.3, 0.4) is 0 Å². The molecule has 1 aliphatic heterocycles. The maximum atomic E-state index is 11.5. The number of rotatable bonds is 11. The van der Waals surface area contributed by atoms with E-state index in [-0.39, 0.29) is 24.7 Å². The average Bonchev–Trinajstić information content (AvgIpc) is 3.05. The van der Waals surface area contributed by atoms with Crippen LogP contribution in [0.25, 0.3) is 0 Å². The van der Waals surface area contributed by atoms with Gasteiger partial charge in [-0.1, -0.05) is 0 Å². The first kappa shape index (κ1) is 18.2. The summed E-state index contributed by atoms with van der Waals surface area (Å²) in [6.07, 6.45) is 1.83. The lowest BCUT2D eigenvalue weighted by molar-refractivity contribution is -0.764. The van der Waals surface area contributed by atoms with Crippen LogP contribution in [-0.2, 0) is 14.5 Å². The lowest BCUT2D eigenvalue weighted by atomic mass is 10.4. The summed E-state index contributed by atoms with van der Waals surface area (Å²) in [5, 5.41) is 40.9. The summed E-state index contributed by atoms with van der Waals surface area (Å²) in [7, 11) is 0. The summed E-state index contributed by atoms with van der Waals surface area (Å²) in [5.41, 5.74) is 0. The number of hydrazine groups is 2. The van der Waals surface area contributed by atoms with Gasteiger partial charge >= 0.3 is 0 Å². The first-order chi connectivity index (χ1) is 11.0. The molecule has 0 unspecified atom stereocenters. The standard InChI is InChI=1S/C9H19N7O7/c1-2-12(7-8-23-16(19)20)14(17)10-21-9-22-11-15(18)13-5-3-4-6-13/h2-9H2,1H3. The van der Waals surface area contributed by atoms with Crippen molar-refractivity contribution in [2.24, 2.45) is 10.6 Å². The first-order valence-electron chi connectivity index (χ1n) is 6.92. The minimum atomic E-state index is -0.957. The van der Waals surface area contributed by atoms with Gasteiger partial charge in [0.2, 0.25) is 10.6 Å². The van der Waals surface area contributed by atoms with Gasteiger partial charge in [-0.25, -0.2) is 0 Å². The Labute approximate surface area is 131 Å². The van der Waals surface area contributed by atoms with Crippen LogP contribution >= 0.6 is 0 Å². The van der Waals surface area contributed by atoms with E-state index in [0.717, 1.165) is 17.9 Å². The smallest absolute Gasteiger partial charge is 0.294 e. The Morgan fingerprint density at radius 2 is 1.83 bits per heavy atom. The van der Waals surface area contributed by atoms with E-state index in [2.05, 4.69) is 25.1 Å². The van der Waals surface area contributed by atoms with Crippen molar-refractivity contribution < 1.29 is 29.5 Å². The largest absolute Gasteiger partial charge is 0.569 e. The highest BCUT2D eigenvalue weighted by Gasteiger charge is 2.18. The third-order valence-corrected chi connectivity index (χ3v) is 2.84. The fourth-order valence-corrected chi connectivity index (χ4v) is 1.73. The van der Waals surface area contributed by atoms with Crippen LogP contribution in [-0.4, -0.2) is 64.6 Å². The molecule has 0 aromatic carbocycles. The highest BCUT2D eigenvalue weighted by Crippen LogP contribution is 2.07. The number of likely N-dealkylation sites (N-methyl/N-ethyl adjacent to an activating group) is 1. The van der Waals surface area contributed by atoms with E-state index >= 15 is 0 Å². The summed E-state index contributed by atoms with van der Waals surface area (Å²) in [6.45, 7) is 2.20. The maximum Gasteiger partial charge on any atom is 0.294 e. The zero-order valence-electron chi connectivity index (χ0n) is 12.6. The van der Waals surface area contributed by atoms with Crippen molar-refractivity contribution in [1.82, 2.24) is 10.0 Å². The molecule has 14 nitrogen and oxygen atoms in total. The van der Waals surface area contributed by atoms with Crippen LogP contribution in [0, 0.1) is 20.5 Å². The summed E-state index contributed by atoms with van der Waals surface area (Å²) >= 11 is 0. The molecule has 1 heterocycles. The predicted molar refractivity (Wildman–Crippen MR) is 70.1 cm³/mol. The van der Waals surface area contributed by atoms with E-state index in [9.17, 15) is 20.5 Å². The van der Waals surface area contributed by atoms with Crippen LogP contribution in [0.15, 0.2) is 10.6 Å². The van der Waals surface area contributed by atoms with Crippen molar-refractivity contribution in [2.75, 3.05) is 39.6 Å². The second-order valence-electron chi connectivity index (χ2n) is 4.31. The van der Waals surface area contributed by atoms with E-state index in [1.54, 1.807) is 6.92 Å². The van der Waals surface area contributed by atoms with Crippen molar-refractivity contribution in [2.45, 2.75) is 19.8 Å². The quantitative estimate of drug-likeness (QED) is 0.128. The first-order valence-corrected chi connectivity index (χ1v) is 6.92. The number of hydrogen-bond donors (Lipinski definition) is 0. The Hall–Kier alpha value is -2.80. The van der Waals surface area contributed by atoms with Crippen LogP contribution in [0.1, 0.15) is 19.8 Å². The lowest BCUT2D eigenvalue weighted by Crippen LogP contribution is -2.34. The van der Waals surface area contributed by atoms with Crippen LogP contribution < -0.4 is 0 Å². The van der Waals surface area contributed by atoms with Gasteiger partial charge in [0.25, 0.3) is 11.9 Å². The summed E-state index contributed by atoms with van der Waals surface area (Å²) in [6, 6.07) is 0. The molecule has 0 aromatic heterocycles. The molecule has 132 valence electrons. The Balaban J connectivity index is 2.25. The Morgan fingerprint density at radius 3 is 2.43 bits per heavy atom. The molecule has 23 heavy (non-hydrogen) atoms. The van der Waals surface area contributed by atoms with Gasteiger partial charge in [0.15, 0.2) is 0 Å². The minimum absolute atomic E-state index is 0.0532. The van der Waals surface area contributed by atoms with Crippen LogP contribution in [0.2, 0.25) is 0 Å². The molecule has 0 bridgehead atoms. The third-order valence-electron chi connectivity index (χ3n) is 2.84. The van der Waals surface area contributed by atoms with Gasteiger partial charge in [0, 0.05) is 0 Å². The van der Waals surface area contributed by atoms with Crippen molar-refractivity contribution in [3.63, 3.8) is 0 Å². The van der Waals surface area contributed by atoms with Gasteiger partial charge in [0.1, 0.15) is 13.2 Å². The van der Waals surface area contributed by atoms with Crippen LogP contribution in [0.4, 0.5) is 0 Å². The van der Waals surface area contributed by atoms with Crippen LogP contribution in [0.5, 0.6) is 0 Å². The Bertz CT molecular complexity index is 426. The minimum Gasteiger partial charge on any atom is -0.569 e. The van der Waals surface area contributed by atoms with E-state index < -0.39 is 11.9 Å². The molecular formula is C9H19N7O7. The highest BCUT2D eigenvalue weighted by molar-refractivity contribution is 4.55. The topological polar surface area (TPSA) is 154 Å². The molecule has 0 amide bonds. The second-order valence-corrected chi connectivity index (χ2v) is 4.31. The normalized spacial score (nSPS) is 15.4. The van der Waals surface area contributed by atoms with Gasteiger partial charge in [-0.2, -0.15) is 0 Å². The van der Waals surface area contributed by atoms with E-state index in [1.807, 2.05) is 0 Å². The van der Waals surface area contributed by atoms with Gasteiger partial charge in [-0.05, 0) is 19.8 Å². The molecule has 1 aliphatic rings. The molecule has 1 rings (SSSR count). The van der Waals surface area contributed by atoms with Crippen molar-refractivity contribution in [1.29, 1.82) is 0 Å². The van der Waals surface area contributed by atoms with E-state index in [4.69, 9.17) is 0 Å². The molecule has 0 atom stereocenters. The van der Waals surface area contributed by atoms with Crippen molar-refractivity contribution in [3.05, 3.63) is 20.5 Å². The SMILES string of the molecule is CCN(CCO[N+](=O)[O-])[N+]([O-])=NOCON=[N+]([O-])N1CCCC1. The summed E-state index contributed by atoms with van der Waals surface area (Å²) in [5.74, 6) is 0. The molecule has 1 saturated heterocycles.